The van der Waals surface area contributed by atoms with Gasteiger partial charge in [-0.2, -0.15) is 5.10 Å². The minimum atomic E-state index is -0.715. The van der Waals surface area contributed by atoms with Gasteiger partial charge in [0.25, 0.3) is 0 Å². The molecular weight excluding hydrogens is 218 g/mol. The Morgan fingerprint density at radius 2 is 2.41 bits per heavy atom. The van der Waals surface area contributed by atoms with Crippen LogP contribution in [0.1, 0.15) is 25.5 Å². The number of carbonyl (C=O) groups is 1. The molecule has 1 saturated heterocycles. The predicted molar refractivity (Wildman–Crippen MR) is 63.4 cm³/mol. The van der Waals surface area contributed by atoms with Crippen molar-refractivity contribution in [1.82, 2.24) is 14.7 Å². The van der Waals surface area contributed by atoms with E-state index >= 15 is 0 Å². The highest BCUT2D eigenvalue weighted by Crippen LogP contribution is 2.24. The maximum Gasteiger partial charge on any atom is 0.321 e. The van der Waals surface area contributed by atoms with Crippen molar-refractivity contribution in [1.29, 1.82) is 0 Å². The first-order valence-electron chi connectivity index (χ1n) is 6.03. The van der Waals surface area contributed by atoms with Gasteiger partial charge in [-0.25, -0.2) is 0 Å². The molecule has 1 aromatic rings. The highest BCUT2D eigenvalue weighted by molar-refractivity contribution is 5.74. The molecule has 2 heterocycles. The summed E-state index contributed by atoms with van der Waals surface area (Å²) in [4.78, 5) is 13.3. The van der Waals surface area contributed by atoms with Crippen molar-refractivity contribution in [3.05, 3.63) is 18.0 Å². The molecule has 2 atom stereocenters. The fraction of sp³-hybridized carbons (Fsp3) is 0.667. The molecule has 17 heavy (non-hydrogen) atoms. The van der Waals surface area contributed by atoms with E-state index in [1.165, 1.54) is 0 Å². The van der Waals surface area contributed by atoms with Crippen LogP contribution in [0.5, 0.6) is 0 Å². The summed E-state index contributed by atoms with van der Waals surface area (Å²) in [6, 6.07) is 1.57. The Morgan fingerprint density at radius 1 is 1.65 bits per heavy atom. The lowest BCUT2D eigenvalue weighted by atomic mass is 9.91. The van der Waals surface area contributed by atoms with Crippen LogP contribution in [0, 0.1) is 5.92 Å². The summed E-state index contributed by atoms with van der Waals surface area (Å²) in [7, 11) is 1.87. The van der Waals surface area contributed by atoms with E-state index < -0.39 is 5.97 Å². The molecule has 5 nitrogen and oxygen atoms in total. The fourth-order valence-electron chi connectivity index (χ4n) is 2.61. The van der Waals surface area contributed by atoms with Crippen molar-refractivity contribution in [2.45, 2.75) is 32.4 Å². The number of carboxylic acid groups (broad SMARTS) is 1. The molecule has 0 aromatic carbocycles. The predicted octanol–water partition coefficient (Wildman–Crippen LogP) is 1.11. The molecule has 1 aliphatic rings. The van der Waals surface area contributed by atoms with Crippen LogP contribution in [0.4, 0.5) is 0 Å². The average Bonchev–Trinajstić information content (AvgIpc) is 2.63. The molecule has 0 aliphatic carbocycles. The first-order chi connectivity index (χ1) is 8.08. The maximum absolute atomic E-state index is 11.3. The molecule has 94 valence electrons. The van der Waals surface area contributed by atoms with Crippen LogP contribution in [0.2, 0.25) is 0 Å². The molecule has 1 fully saturated rings. The first kappa shape index (κ1) is 12.1. The van der Waals surface area contributed by atoms with E-state index in [2.05, 4.69) is 5.10 Å². The van der Waals surface area contributed by atoms with Crippen molar-refractivity contribution in [3.8, 4) is 0 Å². The quantitative estimate of drug-likeness (QED) is 0.855. The van der Waals surface area contributed by atoms with Crippen LogP contribution >= 0.6 is 0 Å². The normalized spacial score (nSPS) is 26.0. The number of carboxylic acids is 1. The maximum atomic E-state index is 11.3. The number of aryl methyl sites for hydroxylation is 1. The summed E-state index contributed by atoms with van der Waals surface area (Å²) in [6.07, 6.45) is 3.95. The Morgan fingerprint density at radius 3 is 3.00 bits per heavy atom. The molecule has 0 saturated carbocycles. The van der Waals surface area contributed by atoms with Crippen LogP contribution in [0.15, 0.2) is 12.3 Å². The standard InChI is InChI=1S/C12H19N3O2/c1-9-4-3-6-15(11(9)12(16)17)8-10-5-7-14(2)13-10/h5,7,9,11H,3-4,6,8H2,1-2H3,(H,16,17). The van der Waals surface area contributed by atoms with Crippen molar-refractivity contribution in [2.75, 3.05) is 6.54 Å². The van der Waals surface area contributed by atoms with Gasteiger partial charge in [-0.1, -0.05) is 6.92 Å². The first-order valence-corrected chi connectivity index (χ1v) is 6.03. The lowest BCUT2D eigenvalue weighted by Crippen LogP contribution is -2.48. The summed E-state index contributed by atoms with van der Waals surface area (Å²) in [5, 5.41) is 13.6. The second kappa shape index (κ2) is 4.87. The van der Waals surface area contributed by atoms with E-state index in [4.69, 9.17) is 0 Å². The zero-order valence-electron chi connectivity index (χ0n) is 10.3. The Balaban J connectivity index is 2.09. The van der Waals surface area contributed by atoms with E-state index in [-0.39, 0.29) is 12.0 Å². The molecule has 1 aromatic heterocycles. The van der Waals surface area contributed by atoms with Crippen LogP contribution in [-0.4, -0.2) is 38.3 Å². The fourth-order valence-corrected chi connectivity index (χ4v) is 2.61. The molecule has 5 heteroatoms. The van der Waals surface area contributed by atoms with Gasteiger partial charge in [-0.3, -0.25) is 14.4 Å². The van der Waals surface area contributed by atoms with Crippen molar-refractivity contribution in [3.63, 3.8) is 0 Å². The van der Waals surface area contributed by atoms with E-state index in [0.29, 0.717) is 6.54 Å². The number of piperidine rings is 1. The number of hydrogen-bond acceptors (Lipinski definition) is 3. The summed E-state index contributed by atoms with van der Waals surface area (Å²) in [5.41, 5.74) is 0.938. The van der Waals surface area contributed by atoms with Crippen LogP contribution in [0.25, 0.3) is 0 Å². The number of aromatic nitrogens is 2. The number of aliphatic carboxylic acids is 1. The molecule has 0 amide bonds. The van der Waals surface area contributed by atoms with E-state index in [1.54, 1.807) is 4.68 Å². The Kier molecular flexibility index (Phi) is 3.47. The van der Waals surface area contributed by atoms with Crippen molar-refractivity contribution in [2.24, 2.45) is 13.0 Å². The molecule has 2 unspecified atom stereocenters. The minimum Gasteiger partial charge on any atom is -0.480 e. The van der Waals surface area contributed by atoms with Gasteiger partial charge in [0.1, 0.15) is 6.04 Å². The summed E-state index contributed by atoms with van der Waals surface area (Å²) in [6.45, 7) is 3.49. The largest absolute Gasteiger partial charge is 0.480 e. The second-order valence-corrected chi connectivity index (χ2v) is 4.85. The average molecular weight is 237 g/mol. The zero-order valence-corrected chi connectivity index (χ0v) is 10.3. The third-order valence-electron chi connectivity index (χ3n) is 3.42. The van der Waals surface area contributed by atoms with Gasteiger partial charge in [0.15, 0.2) is 0 Å². The molecule has 1 aliphatic heterocycles. The number of hydrogen-bond donors (Lipinski definition) is 1. The lowest BCUT2D eigenvalue weighted by Gasteiger charge is -2.36. The molecule has 0 radical (unpaired) electrons. The topological polar surface area (TPSA) is 58.4 Å². The Bertz CT molecular complexity index is 402. The highest BCUT2D eigenvalue weighted by atomic mass is 16.4. The molecule has 1 N–H and O–H groups in total. The molecule has 0 spiro atoms. The smallest absolute Gasteiger partial charge is 0.321 e. The van der Waals surface area contributed by atoms with E-state index in [9.17, 15) is 9.90 Å². The Hall–Kier alpha value is -1.36. The van der Waals surface area contributed by atoms with E-state index in [1.807, 2.05) is 31.1 Å². The lowest BCUT2D eigenvalue weighted by molar-refractivity contribution is -0.147. The summed E-state index contributed by atoms with van der Waals surface area (Å²) >= 11 is 0. The van der Waals surface area contributed by atoms with Gasteiger partial charge >= 0.3 is 5.97 Å². The van der Waals surface area contributed by atoms with E-state index in [0.717, 1.165) is 25.1 Å². The van der Waals surface area contributed by atoms with Crippen LogP contribution < -0.4 is 0 Å². The number of likely N-dealkylation sites (tertiary alicyclic amines) is 1. The third kappa shape index (κ3) is 2.66. The van der Waals surface area contributed by atoms with Crippen molar-refractivity contribution >= 4 is 5.97 Å². The Labute approximate surface area is 101 Å². The van der Waals surface area contributed by atoms with Crippen molar-refractivity contribution < 1.29 is 9.90 Å². The summed E-state index contributed by atoms with van der Waals surface area (Å²) in [5.74, 6) is -0.502. The SMILES string of the molecule is CC1CCCN(Cc2ccn(C)n2)C1C(=O)O. The molecule has 2 rings (SSSR count). The van der Waals surface area contributed by atoms with Gasteiger partial charge in [0.2, 0.25) is 0 Å². The van der Waals surface area contributed by atoms with Gasteiger partial charge in [-0.05, 0) is 31.4 Å². The van der Waals surface area contributed by atoms with Gasteiger partial charge in [-0.15, -0.1) is 0 Å². The second-order valence-electron chi connectivity index (χ2n) is 4.85. The summed E-state index contributed by atoms with van der Waals surface area (Å²) < 4.78 is 1.75. The van der Waals surface area contributed by atoms with Crippen LogP contribution in [0.3, 0.4) is 0 Å². The van der Waals surface area contributed by atoms with Gasteiger partial charge in [0.05, 0.1) is 5.69 Å². The third-order valence-corrected chi connectivity index (χ3v) is 3.42. The van der Waals surface area contributed by atoms with Gasteiger partial charge < -0.3 is 5.11 Å². The highest BCUT2D eigenvalue weighted by Gasteiger charge is 2.34. The number of rotatable bonds is 3. The zero-order chi connectivity index (χ0) is 12.4. The molecular formula is C12H19N3O2. The number of nitrogens with zero attached hydrogens (tertiary/aromatic N) is 3. The van der Waals surface area contributed by atoms with Gasteiger partial charge in [0, 0.05) is 19.8 Å². The monoisotopic (exact) mass is 237 g/mol. The molecule has 0 bridgehead atoms. The van der Waals surface area contributed by atoms with Crippen LogP contribution in [-0.2, 0) is 18.4 Å². The minimum absolute atomic E-state index is 0.213.